The first-order chi connectivity index (χ1) is 10.5. The van der Waals surface area contributed by atoms with Crippen molar-refractivity contribution >= 4 is 11.9 Å². The minimum Gasteiger partial charge on any atom is -0.468 e. The molecular weight excluding hydrogens is 282 g/mol. The zero-order valence-electron chi connectivity index (χ0n) is 12.9. The number of ether oxygens (including phenoxy) is 2. The fourth-order valence-electron chi connectivity index (χ4n) is 2.37. The van der Waals surface area contributed by atoms with E-state index >= 15 is 0 Å². The molecule has 1 unspecified atom stereocenters. The van der Waals surface area contributed by atoms with E-state index in [-0.39, 0.29) is 6.04 Å². The molecule has 1 atom stereocenters. The number of rotatable bonds is 4. The maximum atomic E-state index is 12.0. The number of carbonyl (C=O) groups is 2. The Kier molecular flexibility index (Phi) is 4.65. The second-order valence-electron chi connectivity index (χ2n) is 5.02. The molecule has 0 N–H and O–H groups in total. The van der Waals surface area contributed by atoms with Crippen LogP contribution in [0.2, 0.25) is 0 Å². The van der Waals surface area contributed by atoms with Crippen LogP contribution in [0.4, 0.5) is 0 Å². The molecule has 0 saturated heterocycles. The first-order valence-electron chi connectivity index (χ1n) is 6.93. The van der Waals surface area contributed by atoms with Crippen LogP contribution in [0.5, 0.6) is 0 Å². The van der Waals surface area contributed by atoms with E-state index < -0.39 is 17.4 Å². The van der Waals surface area contributed by atoms with Crippen molar-refractivity contribution in [1.29, 1.82) is 0 Å². The summed E-state index contributed by atoms with van der Waals surface area (Å²) in [5, 5.41) is 0. The number of esters is 2. The molecule has 0 saturated carbocycles. The Morgan fingerprint density at radius 2 is 1.50 bits per heavy atom. The number of benzene rings is 1. The van der Waals surface area contributed by atoms with Crippen LogP contribution in [0, 0.1) is 5.41 Å². The summed E-state index contributed by atoms with van der Waals surface area (Å²) in [6, 6.07) is 10.0. The highest BCUT2D eigenvalue weighted by molar-refractivity contribution is 6.04. The Labute approximate surface area is 129 Å². The maximum Gasteiger partial charge on any atom is 0.331 e. The molecule has 0 spiro atoms. The summed E-state index contributed by atoms with van der Waals surface area (Å²) in [4.78, 5) is 25.9. The van der Waals surface area contributed by atoms with Gasteiger partial charge >= 0.3 is 11.9 Å². The van der Waals surface area contributed by atoms with Gasteiger partial charge in [-0.2, -0.15) is 0 Å². The second kappa shape index (κ2) is 6.47. The van der Waals surface area contributed by atoms with Crippen molar-refractivity contribution in [2.45, 2.75) is 13.0 Å². The monoisotopic (exact) mass is 301 g/mol. The summed E-state index contributed by atoms with van der Waals surface area (Å²) in [6.45, 7) is 2.04. The van der Waals surface area contributed by atoms with E-state index in [0.29, 0.717) is 0 Å². The molecule has 0 aromatic heterocycles. The minimum atomic E-state index is -1.52. The number of methoxy groups -OCH3 is 2. The first-order valence-corrected chi connectivity index (χ1v) is 6.93. The standard InChI is InChI=1S/C17H19NO4/c1-13(14-7-5-4-6-8-14)18-11-9-17(10-12-18,15(19)21-2)16(20)22-3/h4-13H,1-3H3. The largest absolute Gasteiger partial charge is 0.468 e. The van der Waals surface area contributed by atoms with E-state index in [0.717, 1.165) is 5.56 Å². The zero-order valence-corrected chi connectivity index (χ0v) is 12.9. The zero-order chi connectivity index (χ0) is 16.2. The molecule has 2 rings (SSSR count). The molecular formula is C17H19NO4. The van der Waals surface area contributed by atoms with Gasteiger partial charge in [0, 0.05) is 12.4 Å². The van der Waals surface area contributed by atoms with Gasteiger partial charge in [0.15, 0.2) is 0 Å². The minimum absolute atomic E-state index is 0.0713. The molecule has 1 heterocycles. The average Bonchev–Trinajstić information content (AvgIpc) is 2.60. The number of hydrogen-bond acceptors (Lipinski definition) is 5. The summed E-state index contributed by atoms with van der Waals surface area (Å²) in [5.41, 5.74) is -0.392. The van der Waals surface area contributed by atoms with Crippen molar-refractivity contribution in [2.75, 3.05) is 14.2 Å². The normalized spacial score (nSPS) is 17.0. The highest BCUT2D eigenvalue weighted by Gasteiger charge is 2.45. The second-order valence-corrected chi connectivity index (χ2v) is 5.02. The van der Waals surface area contributed by atoms with Crippen LogP contribution in [0.3, 0.4) is 0 Å². The molecule has 1 aromatic rings. The van der Waals surface area contributed by atoms with E-state index in [4.69, 9.17) is 9.47 Å². The molecule has 0 aliphatic carbocycles. The lowest BCUT2D eigenvalue weighted by Crippen LogP contribution is -2.40. The van der Waals surface area contributed by atoms with Crippen LogP contribution >= 0.6 is 0 Å². The summed E-state index contributed by atoms with van der Waals surface area (Å²) < 4.78 is 9.47. The van der Waals surface area contributed by atoms with Crippen LogP contribution in [0.1, 0.15) is 18.5 Å². The molecule has 0 amide bonds. The molecule has 1 aliphatic rings. The van der Waals surface area contributed by atoms with Crippen molar-refractivity contribution in [3.63, 3.8) is 0 Å². The SMILES string of the molecule is COC(=O)C1(C(=O)OC)C=CN(C(C)c2ccccc2)C=C1. The van der Waals surface area contributed by atoms with Crippen LogP contribution in [-0.2, 0) is 19.1 Å². The topological polar surface area (TPSA) is 55.8 Å². The van der Waals surface area contributed by atoms with Gasteiger partial charge in [-0.25, -0.2) is 0 Å². The van der Waals surface area contributed by atoms with Crippen molar-refractivity contribution in [2.24, 2.45) is 5.41 Å². The molecule has 5 heteroatoms. The van der Waals surface area contributed by atoms with Gasteiger partial charge < -0.3 is 14.4 Å². The first kappa shape index (κ1) is 15.8. The summed E-state index contributed by atoms with van der Waals surface area (Å²) in [7, 11) is 2.49. The smallest absolute Gasteiger partial charge is 0.331 e. The van der Waals surface area contributed by atoms with E-state index in [2.05, 4.69) is 0 Å². The van der Waals surface area contributed by atoms with Gasteiger partial charge in [0.2, 0.25) is 5.41 Å². The lowest BCUT2D eigenvalue weighted by molar-refractivity contribution is -0.161. The van der Waals surface area contributed by atoms with Gasteiger partial charge in [0.1, 0.15) is 0 Å². The lowest BCUT2D eigenvalue weighted by Gasteiger charge is -2.31. The van der Waals surface area contributed by atoms with Crippen molar-refractivity contribution in [1.82, 2.24) is 4.90 Å². The fraction of sp³-hybridized carbons (Fsp3) is 0.294. The molecule has 0 radical (unpaired) electrons. The summed E-state index contributed by atoms with van der Waals surface area (Å²) in [6.07, 6.45) is 6.41. The Morgan fingerprint density at radius 1 is 1.00 bits per heavy atom. The van der Waals surface area contributed by atoms with Crippen molar-refractivity contribution in [3.05, 3.63) is 60.4 Å². The Balaban J connectivity index is 2.26. The van der Waals surface area contributed by atoms with E-state index in [1.54, 1.807) is 12.4 Å². The molecule has 5 nitrogen and oxygen atoms in total. The number of carbonyl (C=O) groups excluding carboxylic acids is 2. The maximum absolute atomic E-state index is 12.0. The van der Waals surface area contributed by atoms with Gasteiger partial charge in [-0.15, -0.1) is 0 Å². The lowest BCUT2D eigenvalue weighted by atomic mass is 9.86. The number of nitrogens with zero attached hydrogens (tertiary/aromatic N) is 1. The molecule has 22 heavy (non-hydrogen) atoms. The molecule has 116 valence electrons. The van der Waals surface area contributed by atoms with Crippen LogP contribution < -0.4 is 0 Å². The Hall–Kier alpha value is -2.56. The van der Waals surface area contributed by atoms with Gasteiger partial charge in [-0.05, 0) is 24.6 Å². The van der Waals surface area contributed by atoms with E-state index in [9.17, 15) is 9.59 Å². The Bertz CT molecular complexity index is 574. The van der Waals surface area contributed by atoms with E-state index in [1.165, 1.54) is 26.4 Å². The highest BCUT2D eigenvalue weighted by atomic mass is 16.5. The molecule has 1 aromatic carbocycles. The van der Waals surface area contributed by atoms with Gasteiger partial charge in [-0.1, -0.05) is 30.3 Å². The molecule has 0 bridgehead atoms. The third-order valence-electron chi connectivity index (χ3n) is 3.79. The van der Waals surface area contributed by atoms with Gasteiger partial charge in [0.05, 0.1) is 20.3 Å². The van der Waals surface area contributed by atoms with Crippen molar-refractivity contribution in [3.8, 4) is 0 Å². The van der Waals surface area contributed by atoms with E-state index in [1.807, 2.05) is 42.2 Å². The van der Waals surface area contributed by atoms with Crippen LogP contribution in [0.15, 0.2) is 54.9 Å². The highest BCUT2D eigenvalue weighted by Crippen LogP contribution is 2.32. The number of hydrogen-bond donors (Lipinski definition) is 0. The Morgan fingerprint density at radius 3 is 1.95 bits per heavy atom. The summed E-state index contributed by atoms with van der Waals surface area (Å²) >= 11 is 0. The quantitative estimate of drug-likeness (QED) is 0.631. The fourth-order valence-corrected chi connectivity index (χ4v) is 2.37. The average molecular weight is 301 g/mol. The molecule has 1 aliphatic heterocycles. The predicted molar refractivity (Wildman–Crippen MR) is 81.4 cm³/mol. The van der Waals surface area contributed by atoms with Gasteiger partial charge in [-0.3, -0.25) is 9.59 Å². The predicted octanol–water partition coefficient (Wildman–Crippen LogP) is 2.42. The molecule has 0 fully saturated rings. The van der Waals surface area contributed by atoms with Crippen LogP contribution in [-0.4, -0.2) is 31.1 Å². The third-order valence-corrected chi connectivity index (χ3v) is 3.79. The third kappa shape index (κ3) is 2.74. The van der Waals surface area contributed by atoms with Crippen LogP contribution in [0.25, 0.3) is 0 Å². The summed E-state index contributed by atoms with van der Waals surface area (Å²) in [5.74, 6) is -1.34. The van der Waals surface area contributed by atoms with Gasteiger partial charge in [0.25, 0.3) is 0 Å². The van der Waals surface area contributed by atoms with Crippen molar-refractivity contribution < 1.29 is 19.1 Å².